The number of benzene rings is 2. The van der Waals surface area contributed by atoms with Crippen LogP contribution in [0.15, 0.2) is 42.5 Å². The van der Waals surface area contributed by atoms with Crippen LogP contribution in [0.3, 0.4) is 0 Å². The van der Waals surface area contributed by atoms with Crippen LogP contribution in [0, 0.1) is 5.82 Å². The highest BCUT2D eigenvalue weighted by atomic mass is 35.5. The Morgan fingerprint density at radius 3 is 2.39 bits per heavy atom. The fourth-order valence-corrected chi connectivity index (χ4v) is 4.70. The maximum atomic E-state index is 13.8. The fourth-order valence-electron chi connectivity index (χ4n) is 4.55. The third kappa shape index (κ3) is 7.60. The zero-order chi connectivity index (χ0) is 25.9. The first kappa shape index (κ1) is 27.8. The molecule has 8 heteroatoms. The maximum Gasteiger partial charge on any atom is 0.247 e. The number of amides is 2. The van der Waals surface area contributed by atoms with Gasteiger partial charge < -0.3 is 19.7 Å². The first-order valence-corrected chi connectivity index (χ1v) is 13.2. The SMILES string of the molecule is CCCOc1ccc([C@H](C(=O)NC2CCCCCC2)N(Cc2ccc(F)cc2)C(=O)CCl)cc1OC. The van der Waals surface area contributed by atoms with Gasteiger partial charge in [0.1, 0.15) is 17.7 Å². The predicted octanol–water partition coefficient (Wildman–Crippen LogP) is 5.77. The summed E-state index contributed by atoms with van der Waals surface area (Å²) < 4.78 is 24.8. The van der Waals surface area contributed by atoms with Crippen LogP contribution in [0.4, 0.5) is 4.39 Å². The quantitative estimate of drug-likeness (QED) is 0.303. The van der Waals surface area contributed by atoms with Crippen molar-refractivity contribution in [1.82, 2.24) is 10.2 Å². The van der Waals surface area contributed by atoms with Gasteiger partial charge in [0.25, 0.3) is 0 Å². The minimum absolute atomic E-state index is 0.0512. The van der Waals surface area contributed by atoms with Gasteiger partial charge in [-0.25, -0.2) is 4.39 Å². The molecule has 0 saturated heterocycles. The van der Waals surface area contributed by atoms with Crippen LogP contribution in [0.2, 0.25) is 0 Å². The first-order valence-electron chi connectivity index (χ1n) is 12.7. The van der Waals surface area contributed by atoms with Crippen LogP contribution in [0.1, 0.15) is 69.0 Å². The molecular formula is C28H36ClFN2O4. The van der Waals surface area contributed by atoms with Gasteiger partial charge >= 0.3 is 0 Å². The minimum atomic E-state index is -0.946. The Hall–Kier alpha value is -2.80. The van der Waals surface area contributed by atoms with Crippen molar-refractivity contribution >= 4 is 23.4 Å². The Morgan fingerprint density at radius 1 is 1.08 bits per heavy atom. The Morgan fingerprint density at radius 2 is 1.78 bits per heavy atom. The van der Waals surface area contributed by atoms with Crippen LogP contribution >= 0.6 is 11.6 Å². The van der Waals surface area contributed by atoms with Gasteiger partial charge in [-0.3, -0.25) is 9.59 Å². The van der Waals surface area contributed by atoms with E-state index in [-0.39, 0.29) is 30.2 Å². The van der Waals surface area contributed by atoms with Crippen molar-refractivity contribution in [3.05, 3.63) is 59.4 Å². The van der Waals surface area contributed by atoms with E-state index in [0.29, 0.717) is 29.2 Å². The van der Waals surface area contributed by atoms with Crippen LogP contribution in [0.25, 0.3) is 0 Å². The summed E-state index contributed by atoms with van der Waals surface area (Å²) in [4.78, 5) is 28.4. The topological polar surface area (TPSA) is 67.9 Å². The van der Waals surface area contributed by atoms with E-state index in [9.17, 15) is 14.0 Å². The van der Waals surface area contributed by atoms with Gasteiger partial charge in [0, 0.05) is 12.6 Å². The minimum Gasteiger partial charge on any atom is -0.493 e. The highest BCUT2D eigenvalue weighted by molar-refractivity contribution is 6.27. The van der Waals surface area contributed by atoms with Crippen molar-refractivity contribution in [2.75, 3.05) is 19.6 Å². The number of rotatable bonds is 11. The lowest BCUT2D eigenvalue weighted by Crippen LogP contribution is -2.46. The van der Waals surface area contributed by atoms with Crippen LogP contribution < -0.4 is 14.8 Å². The average molecular weight is 519 g/mol. The number of carbonyl (C=O) groups is 2. The summed E-state index contributed by atoms with van der Waals surface area (Å²) in [5, 5.41) is 3.19. The van der Waals surface area contributed by atoms with Gasteiger partial charge in [-0.1, -0.05) is 50.8 Å². The number of methoxy groups -OCH3 is 1. The molecule has 2 amide bonds. The standard InChI is InChI=1S/C28H36ClFN2O4/c1-3-16-36-24-15-12-21(17-25(24)35-2)27(28(34)31-23-8-6-4-5-7-9-23)32(26(33)18-29)19-20-10-13-22(30)14-11-20/h10-15,17,23,27H,3-9,16,18-19H2,1-2H3,(H,31,34)/t27-/m1/s1. The maximum absolute atomic E-state index is 13.8. The van der Waals surface area contributed by atoms with Gasteiger partial charge in [-0.05, 0) is 54.7 Å². The second kappa shape index (κ2) is 14.1. The molecule has 1 fully saturated rings. The van der Waals surface area contributed by atoms with Crippen molar-refractivity contribution in [2.24, 2.45) is 0 Å². The zero-order valence-electron chi connectivity index (χ0n) is 21.1. The number of nitrogens with one attached hydrogen (secondary N) is 1. The summed E-state index contributed by atoms with van der Waals surface area (Å²) in [6.45, 7) is 2.65. The Balaban J connectivity index is 1.99. The lowest BCUT2D eigenvalue weighted by molar-refractivity contribution is -0.140. The highest BCUT2D eigenvalue weighted by Gasteiger charge is 2.33. The van der Waals surface area contributed by atoms with Gasteiger partial charge in [0.15, 0.2) is 11.5 Å². The monoisotopic (exact) mass is 518 g/mol. The van der Waals surface area contributed by atoms with Crippen molar-refractivity contribution in [3.63, 3.8) is 0 Å². The van der Waals surface area contributed by atoms with Crippen molar-refractivity contribution in [3.8, 4) is 11.5 Å². The van der Waals surface area contributed by atoms with Crippen molar-refractivity contribution in [2.45, 2.75) is 70.5 Å². The molecule has 1 aliphatic carbocycles. The molecule has 0 bridgehead atoms. The Kier molecular flexibility index (Phi) is 10.9. The number of carbonyl (C=O) groups excluding carboxylic acids is 2. The van der Waals surface area contributed by atoms with Crippen LogP contribution in [-0.2, 0) is 16.1 Å². The van der Waals surface area contributed by atoms with Gasteiger partial charge in [-0.15, -0.1) is 11.6 Å². The molecule has 0 aliphatic heterocycles. The molecule has 3 rings (SSSR count). The average Bonchev–Trinajstić information content (AvgIpc) is 3.16. The molecule has 2 aromatic carbocycles. The first-order chi connectivity index (χ1) is 17.5. The van der Waals surface area contributed by atoms with Crippen LogP contribution in [-0.4, -0.2) is 42.4 Å². The number of ether oxygens (including phenoxy) is 2. The smallest absolute Gasteiger partial charge is 0.247 e. The van der Waals surface area contributed by atoms with E-state index in [2.05, 4.69) is 5.32 Å². The van der Waals surface area contributed by atoms with Crippen molar-refractivity contribution in [1.29, 1.82) is 0 Å². The summed E-state index contributed by atoms with van der Waals surface area (Å²) in [6.07, 6.45) is 7.11. The molecule has 0 unspecified atom stereocenters. The molecule has 0 heterocycles. The molecule has 1 aliphatic rings. The van der Waals surface area contributed by atoms with E-state index in [4.69, 9.17) is 21.1 Å². The van der Waals surface area contributed by atoms with E-state index in [1.54, 1.807) is 37.4 Å². The number of halogens is 2. The molecule has 1 N–H and O–H groups in total. The second-order valence-electron chi connectivity index (χ2n) is 9.14. The third-order valence-corrected chi connectivity index (χ3v) is 6.66. The number of hydrogen-bond acceptors (Lipinski definition) is 4. The van der Waals surface area contributed by atoms with E-state index in [1.165, 1.54) is 17.0 Å². The summed E-state index contributed by atoms with van der Waals surface area (Å²) >= 11 is 6.00. The summed E-state index contributed by atoms with van der Waals surface area (Å²) in [6, 6.07) is 10.3. The number of nitrogens with zero attached hydrogens (tertiary/aromatic N) is 1. The van der Waals surface area contributed by atoms with E-state index < -0.39 is 11.9 Å². The summed E-state index contributed by atoms with van der Waals surface area (Å²) in [5.74, 6) is -0.278. The van der Waals surface area contributed by atoms with Gasteiger partial charge in [-0.2, -0.15) is 0 Å². The number of hydrogen-bond donors (Lipinski definition) is 1. The molecule has 36 heavy (non-hydrogen) atoms. The lowest BCUT2D eigenvalue weighted by Gasteiger charge is -2.32. The molecule has 1 saturated carbocycles. The second-order valence-corrected chi connectivity index (χ2v) is 9.41. The van der Waals surface area contributed by atoms with Crippen molar-refractivity contribution < 1.29 is 23.5 Å². The summed E-state index contributed by atoms with van der Waals surface area (Å²) in [5.41, 5.74) is 1.28. The lowest BCUT2D eigenvalue weighted by atomic mass is 10.0. The van der Waals surface area contributed by atoms with E-state index in [0.717, 1.165) is 44.9 Å². The normalized spacial score (nSPS) is 15.0. The third-order valence-electron chi connectivity index (χ3n) is 6.43. The molecular weight excluding hydrogens is 483 g/mol. The van der Waals surface area contributed by atoms with Gasteiger partial charge in [0.2, 0.25) is 11.8 Å². The molecule has 6 nitrogen and oxygen atoms in total. The fraction of sp³-hybridized carbons (Fsp3) is 0.500. The molecule has 0 spiro atoms. The highest BCUT2D eigenvalue weighted by Crippen LogP contribution is 2.34. The molecule has 196 valence electrons. The molecule has 0 radical (unpaired) electrons. The van der Waals surface area contributed by atoms with E-state index >= 15 is 0 Å². The largest absolute Gasteiger partial charge is 0.493 e. The zero-order valence-corrected chi connectivity index (χ0v) is 21.9. The molecule has 0 aromatic heterocycles. The number of alkyl halides is 1. The van der Waals surface area contributed by atoms with Crippen LogP contribution in [0.5, 0.6) is 11.5 Å². The Bertz CT molecular complexity index is 994. The van der Waals surface area contributed by atoms with Gasteiger partial charge in [0.05, 0.1) is 13.7 Å². The summed E-state index contributed by atoms with van der Waals surface area (Å²) in [7, 11) is 1.54. The Labute approximate surface area is 218 Å². The predicted molar refractivity (Wildman–Crippen MR) is 139 cm³/mol. The van der Waals surface area contributed by atoms with E-state index in [1.807, 2.05) is 6.92 Å². The molecule has 2 aromatic rings. The molecule has 1 atom stereocenters.